The topological polar surface area (TPSA) is 38.4 Å². The minimum absolute atomic E-state index is 0.0754. The molecule has 0 bridgehead atoms. The summed E-state index contributed by atoms with van der Waals surface area (Å²) in [5.41, 5.74) is 6.44. The van der Waals surface area contributed by atoms with Crippen molar-refractivity contribution in [2.75, 3.05) is 7.05 Å². The van der Waals surface area contributed by atoms with Gasteiger partial charge in [-0.05, 0) is 20.0 Å². The molecule has 0 atom stereocenters. The fourth-order valence-electron chi connectivity index (χ4n) is 0.534. The number of aliphatic imine (C=N–C) groups is 1. The van der Waals surface area contributed by atoms with Crippen molar-refractivity contribution >= 4 is 28.8 Å². The molecule has 10 heavy (non-hydrogen) atoms. The molecular weight excluding hydrogens is 239 g/mol. The average Bonchev–Trinajstić information content (AvgIpc) is 1.80. The van der Waals surface area contributed by atoms with Gasteiger partial charge in [-0.2, -0.15) is 0 Å². The number of nitrogens with two attached hydrogens (primary N) is 1. The number of hydrogen-bond donors (Lipinski definition) is 1. The first-order chi connectivity index (χ1) is 4.52. The number of rotatable bonds is 2. The molecule has 3 heteroatoms. The van der Waals surface area contributed by atoms with Gasteiger partial charge in [-0.15, -0.1) is 0 Å². The molecule has 0 aliphatic rings. The Morgan fingerprint density at radius 3 is 2.20 bits per heavy atom. The third-order valence-electron chi connectivity index (χ3n) is 1.13. The van der Waals surface area contributed by atoms with E-state index in [1.54, 1.807) is 19.5 Å². The van der Waals surface area contributed by atoms with Crippen LogP contribution >= 0.6 is 22.6 Å². The molecule has 0 aliphatic carbocycles. The molecule has 0 heterocycles. The van der Waals surface area contributed by atoms with Crippen LogP contribution in [0.25, 0.3) is 0 Å². The van der Waals surface area contributed by atoms with Gasteiger partial charge in [0, 0.05) is 22.3 Å². The summed E-state index contributed by atoms with van der Waals surface area (Å²) in [6.45, 7) is 4.18. The Kier molecular flexibility index (Phi) is 3.93. The molecular formula is C7H13IN2. The lowest BCUT2D eigenvalue weighted by Crippen LogP contribution is -2.15. The van der Waals surface area contributed by atoms with Crippen molar-refractivity contribution in [2.45, 2.75) is 17.3 Å². The first-order valence-electron chi connectivity index (χ1n) is 3.06. The lowest BCUT2D eigenvalue weighted by atomic mass is 10.1. The van der Waals surface area contributed by atoms with Crippen LogP contribution in [0.2, 0.25) is 0 Å². The Balaban J connectivity index is 4.39. The third-order valence-corrected chi connectivity index (χ3v) is 1.76. The van der Waals surface area contributed by atoms with Crippen LogP contribution in [0.15, 0.2) is 16.8 Å². The van der Waals surface area contributed by atoms with Crippen LogP contribution < -0.4 is 5.73 Å². The van der Waals surface area contributed by atoms with Crippen LogP contribution in [0, 0.1) is 0 Å². The molecule has 0 rings (SSSR count). The highest BCUT2D eigenvalue weighted by molar-refractivity contribution is 14.1. The Morgan fingerprint density at radius 2 is 2.10 bits per heavy atom. The summed E-state index contributed by atoms with van der Waals surface area (Å²) in [4.78, 5) is 3.90. The highest BCUT2D eigenvalue weighted by Gasteiger charge is 2.16. The van der Waals surface area contributed by atoms with Crippen LogP contribution in [0.5, 0.6) is 0 Å². The maximum Gasteiger partial charge on any atom is 0.0443 e. The molecule has 0 radical (unpaired) electrons. The predicted octanol–water partition coefficient (Wildman–Crippen LogP) is 1.74. The predicted molar refractivity (Wildman–Crippen MR) is 54.8 cm³/mol. The normalized spacial score (nSPS) is 14.6. The van der Waals surface area contributed by atoms with Gasteiger partial charge in [-0.25, -0.2) is 0 Å². The molecule has 0 saturated heterocycles. The fourth-order valence-corrected chi connectivity index (χ4v) is 0.853. The van der Waals surface area contributed by atoms with Crippen molar-refractivity contribution in [1.29, 1.82) is 0 Å². The van der Waals surface area contributed by atoms with E-state index >= 15 is 0 Å². The Morgan fingerprint density at radius 1 is 1.60 bits per heavy atom. The summed E-state index contributed by atoms with van der Waals surface area (Å²) in [7, 11) is 1.74. The minimum Gasteiger partial charge on any atom is -0.404 e. The van der Waals surface area contributed by atoms with Crippen LogP contribution in [-0.2, 0) is 0 Å². The van der Waals surface area contributed by atoms with Gasteiger partial charge in [-0.3, -0.25) is 4.99 Å². The molecule has 0 aromatic heterocycles. The van der Waals surface area contributed by atoms with E-state index in [2.05, 4.69) is 41.4 Å². The lowest BCUT2D eigenvalue weighted by Gasteiger charge is -2.15. The summed E-state index contributed by atoms with van der Waals surface area (Å²) >= 11 is 2.32. The highest BCUT2D eigenvalue weighted by atomic mass is 127. The van der Waals surface area contributed by atoms with E-state index in [9.17, 15) is 0 Å². The van der Waals surface area contributed by atoms with Crippen LogP contribution in [0.3, 0.4) is 0 Å². The number of hydrogen-bond acceptors (Lipinski definition) is 2. The van der Waals surface area contributed by atoms with E-state index < -0.39 is 0 Å². The monoisotopic (exact) mass is 252 g/mol. The summed E-state index contributed by atoms with van der Waals surface area (Å²) in [6.07, 6.45) is 3.38. The smallest absolute Gasteiger partial charge is 0.0443 e. The quantitative estimate of drug-likeness (QED) is 0.453. The second-order valence-corrected chi connectivity index (χ2v) is 5.18. The molecule has 2 nitrogen and oxygen atoms in total. The molecule has 0 aromatic rings. The number of alkyl halides is 1. The van der Waals surface area contributed by atoms with Gasteiger partial charge in [0.2, 0.25) is 0 Å². The average molecular weight is 252 g/mol. The van der Waals surface area contributed by atoms with E-state index in [1.165, 1.54) is 0 Å². The van der Waals surface area contributed by atoms with Crippen molar-refractivity contribution in [1.82, 2.24) is 0 Å². The molecule has 0 fully saturated rings. The molecule has 0 saturated carbocycles. The standard InChI is InChI=1S/C7H13IN2/c1-7(2,8)6(4-9)5-10-3/h4-5H,9H2,1-3H3. The fraction of sp³-hybridized carbons (Fsp3) is 0.571. The third kappa shape index (κ3) is 3.20. The molecule has 0 amide bonds. The van der Waals surface area contributed by atoms with Gasteiger partial charge >= 0.3 is 0 Å². The molecule has 0 aliphatic heterocycles. The Labute approximate surface area is 75.7 Å². The Bertz CT molecular complexity index is 153. The van der Waals surface area contributed by atoms with Gasteiger partial charge in [0.25, 0.3) is 0 Å². The molecule has 0 spiro atoms. The van der Waals surface area contributed by atoms with Gasteiger partial charge in [0.1, 0.15) is 0 Å². The lowest BCUT2D eigenvalue weighted by molar-refractivity contribution is 0.912. The van der Waals surface area contributed by atoms with Crippen LogP contribution in [0.4, 0.5) is 0 Å². The summed E-state index contributed by atoms with van der Waals surface area (Å²) in [6, 6.07) is 0. The van der Waals surface area contributed by atoms with Gasteiger partial charge < -0.3 is 5.73 Å². The molecule has 58 valence electrons. The highest BCUT2D eigenvalue weighted by Crippen LogP contribution is 2.24. The van der Waals surface area contributed by atoms with E-state index in [4.69, 9.17) is 5.73 Å². The van der Waals surface area contributed by atoms with E-state index in [-0.39, 0.29) is 3.42 Å². The Hall–Kier alpha value is -0.0600. The number of halogens is 1. The van der Waals surface area contributed by atoms with Crippen molar-refractivity contribution in [3.63, 3.8) is 0 Å². The maximum atomic E-state index is 5.39. The van der Waals surface area contributed by atoms with Crippen molar-refractivity contribution < 1.29 is 0 Å². The first-order valence-corrected chi connectivity index (χ1v) is 4.13. The first kappa shape index (κ1) is 9.94. The van der Waals surface area contributed by atoms with Crippen molar-refractivity contribution in [3.05, 3.63) is 11.8 Å². The van der Waals surface area contributed by atoms with Gasteiger partial charge in [-0.1, -0.05) is 22.6 Å². The van der Waals surface area contributed by atoms with Gasteiger partial charge in [0.05, 0.1) is 0 Å². The maximum absolute atomic E-state index is 5.39. The van der Waals surface area contributed by atoms with Crippen LogP contribution in [0.1, 0.15) is 13.8 Å². The zero-order valence-corrected chi connectivity index (χ0v) is 8.71. The van der Waals surface area contributed by atoms with E-state index in [0.717, 1.165) is 5.57 Å². The minimum atomic E-state index is 0.0754. The van der Waals surface area contributed by atoms with Gasteiger partial charge in [0.15, 0.2) is 0 Å². The van der Waals surface area contributed by atoms with Crippen molar-refractivity contribution in [3.8, 4) is 0 Å². The largest absolute Gasteiger partial charge is 0.404 e. The summed E-state index contributed by atoms with van der Waals surface area (Å²) in [5.74, 6) is 0. The SMILES string of the molecule is CN=CC(=CN)C(C)(C)I. The zero-order chi connectivity index (χ0) is 8.20. The number of nitrogens with zero attached hydrogens (tertiary/aromatic N) is 1. The molecule has 2 N–H and O–H groups in total. The van der Waals surface area contributed by atoms with Crippen molar-refractivity contribution in [2.24, 2.45) is 10.7 Å². The number of allylic oxidation sites excluding steroid dienone is 1. The second kappa shape index (κ2) is 3.95. The van der Waals surface area contributed by atoms with E-state index in [0.29, 0.717) is 0 Å². The molecule has 0 aromatic carbocycles. The summed E-state index contributed by atoms with van der Waals surface area (Å²) < 4.78 is 0.0754. The summed E-state index contributed by atoms with van der Waals surface area (Å²) in [5, 5.41) is 0. The molecule has 0 unspecified atom stereocenters. The zero-order valence-electron chi connectivity index (χ0n) is 6.56. The van der Waals surface area contributed by atoms with Crippen LogP contribution in [-0.4, -0.2) is 16.7 Å². The van der Waals surface area contributed by atoms with E-state index in [1.807, 2.05) is 0 Å². The second-order valence-electron chi connectivity index (χ2n) is 2.48.